The number of nitrogens with one attached hydrogen (secondary N) is 1. The number of phenols is 1. The van der Waals surface area contributed by atoms with Crippen molar-refractivity contribution >= 4 is 5.82 Å². The molecule has 1 aromatic carbocycles. The Bertz CT molecular complexity index is 1090. The number of aromatic nitrogens is 3. The van der Waals surface area contributed by atoms with Crippen LogP contribution >= 0.6 is 0 Å². The van der Waals surface area contributed by atoms with Gasteiger partial charge < -0.3 is 15.3 Å². The normalized spacial score (nSPS) is 17.8. The molecule has 0 saturated carbocycles. The molecule has 0 spiro atoms. The van der Waals surface area contributed by atoms with Gasteiger partial charge in [0.05, 0.1) is 5.69 Å². The lowest BCUT2D eigenvalue weighted by Crippen LogP contribution is -2.62. The maximum atomic E-state index is 10.7. The quantitative estimate of drug-likeness (QED) is 0.608. The van der Waals surface area contributed by atoms with Crippen molar-refractivity contribution in [3.8, 4) is 28.1 Å². The Balaban J connectivity index is 1.56. The Morgan fingerprint density at radius 1 is 0.969 bits per heavy atom. The van der Waals surface area contributed by atoms with E-state index in [0.29, 0.717) is 17.3 Å². The molecule has 2 N–H and O–H groups in total. The molecule has 0 unspecified atom stereocenters. The third kappa shape index (κ3) is 4.60. The smallest absolute Gasteiger partial charge is 0.151 e. The van der Waals surface area contributed by atoms with Gasteiger partial charge in [0.15, 0.2) is 5.82 Å². The molecule has 1 aliphatic rings. The molecule has 4 rings (SSSR count). The molecule has 6 nitrogen and oxygen atoms in total. The van der Waals surface area contributed by atoms with Gasteiger partial charge >= 0.3 is 0 Å². The molecule has 32 heavy (non-hydrogen) atoms. The zero-order valence-electron chi connectivity index (χ0n) is 19.8. The van der Waals surface area contributed by atoms with Crippen LogP contribution in [0.15, 0.2) is 48.7 Å². The van der Waals surface area contributed by atoms with Crippen LogP contribution in [0.3, 0.4) is 0 Å². The zero-order valence-corrected chi connectivity index (χ0v) is 19.8. The van der Waals surface area contributed by atoms with Crippen molar-refractivity contribution in [1.29, 1.82) is 0 Å². The van der Waals surface area contributed by atoms with E-state index < -0.39 is 0 Å². The predicted octanol–water partition coefficient (Wildman–Crippen LogP) is 4.97. The summed E-state index contributed by atoms with van der Waals surface area (Å²) in [6, 6.07) is 13.8. The summed E-state index contributed by atoms with van der Waals surface area (Å²) in [6.07, 6.45) is 3.84. The van der Waals surface area contributed by atoms with Crippen LogP contribution in [-0.4, -0.2) is 44.5 Å². The minimum Gasteiger partial charge on any atom is -0.507 e. The fourth-order valence-corrected chi connectivity index (χ4v) is 5.09. The average molecular weight is 432 g/mol. The number of anilines is 1. The molecule has 0 radical (unpaired) electrons. The maximum absolute atomic E-state index is 10.7. The fraction of sp³-hybridized carbons (Fsp3) is 0.423. The number of rotatable bonds is 4. The van der Waals surface area contributed by atoms with Crippen molar-refractivity contribution in [2.24, 2.45) is 0 Å². The highest BCUT2D eigenvalue weighted by Crippen LogP contribution is 2.35. The zero-order chi connectivity index (χ0) is 23.1. The van der Waals surface area contributed by atoms with Crippen LogP contribution in [-0.2, 0) is 0 Å². The van der Waals surface area contributed by atoms with Crippen LogP contribution in [0.2, 0.25) is 0 Å². The largest absolute Gasteiger partial charge is 0.507 e. The van der Waals surface area contributed by atoms with Crippen LogP contribution in [0.25, 0.3) is 22.4 Å². The Morgan fingerprint density at radius 3 is 2.28 bits per heavy atom. The van der Waals surface area contributed by atoms with Crippen molar-refractivity contribution in [2.75, 3.05) is 11.9 Å². The summed E-state index contributed by atoms with van der Waals surface area (Å²) in [6.45, 7) is 11.0. The molecular weight excluding hydrogens is 398 g/mol. The first-order valence-electron chi connectivity index (χ1n) is 11.2. The lowest BCUT2D eigenvalue weighted by molar-refractivity contribution is 0.160. The van der Waals surface area contributed by atoms with Gasteiger partial charge in [0, 0.05) is 47.2 Å². The van der Waals surface area contributed by atoms with Crippen LogP contribution in [0.5, 0.6) is 5.75 Å². The second kappa shape index (κ2) is 8.17. The molecule has 1 fully saturated rings. The Morgan fingerprint density at radius 2 is 1.69 bits per heavy atom. The summed E-state index contributed by atoms with van der Waals surface area (Å²) in [5, 5.41) is 23.4. The first kappa shape index (κ1) is 22.2. The van der Waals surface area contributed by atoms with Gasteiger partial charge in [0.2, 0.25) is 0 Å². The van der Waals surface area contributed by atoms with Crippen LogP contribution in [0, 0.1) is 6.92 Å². The number of phenolic OH excluding ortho intramolecular Hbond substituents is 1. The molecule has 3 aromatic rings. The molecule has 0 amide bonds. The number of benzene rings is 1. The van der Waals surface area contributed by atoms with Gasteiger partial charge in [0.25, 0.3) is 0 Å². The highest BCUT2D eigenvalue weighted by Gasteiger charge is 2.39. The van der Waals surface area contributed by atoms with E-state index in [9.17, 15) is 5.11 Å². The summed E-state index contributed by atoms with van der Waals surface area (Å²) in [5.74, 6) is 1.03. The third-order valence-corrected chi connectivity index (χ3v) is 6.32. The van der Waals surface area contributed by atoms with Crippen molar-refractivity contribution < 1.29 is 5.11 Å². The first-order chi connectivity index (χ1) is 15.0. The number of pyridine rings is 1. The van der Waals surface area contributed by atoms with Crippen LogP contribution in [0.1, 0.15) is 46.2 Å². The van der Waals surface area contributed by atoms with E-state index in [1.807, 2.05) is 43.3 Å². The minimum absolute atomic E-state index is 0.0637. The average Bonchev–Trinajstić information content (AvgIpc) is 2.71. The molecule has 2 aromatic heterocycles. The Hall–Kier alpha value is -2.99. The topological polar surface area (TPSA) is 74.2 Å². The molecular formula is C26H33N5O. The second-order valence-electron chi connectivity index (χ2n) is 10.2. The minimum atomic E-state index is 0.0637. The van der Waals surface area contributed by atoms with Gasteiger partial charge in [-0.05, 0) is 83.4 Å². The molecule has 6 heteroatoms. The number of piperidine rings is 1. The molecule has 0 atom stereocenters. The first-order valence-corrected chi connectivity index (χ1v) is 11.2. The van der Waals surface area contributed by atoms with Gasteiger partial charge in [-0.1, -0.05) is 12.1 Å². The van der Waals surface area contributed by atoms with Crippen molar-refractivity contribution in [1.82, 2.24) is 20.5 Å². The highest BCUT2D eigenvalue weighted by atomic mass is 16.3. The molecule has 3 heterocycles. The van der Waals surface area contributed by atoms with E-state index in [2.05, 4.69) is 60.1 Å². The van der Waals surface area contributed by atoms with Crippen molar-refractivity contribution in [2.45, 2.75) is 64.6 Å². The number of hydrogen-bond acceptors (Lipinski definition) is 6. The summed E-state index contributed by atoms with van der Waals surface area (Å²) < 4.78 is 0. The van der Waals surface area contributed by atoms with Crippen molar-refractivity contribution in [3.05, 3.63) is 54.4 Å². The Labute approximate surface area is 190 Å². The van der Waals surface area contributed by atoms with E-state index >= 15 is 0 Å². The van der Waals surface area contributed by atoms with E-state index in [1.54, 1.807) is 12.3 Å². The van der Waals surface area contributed by atoms with Gasteiger partial charge in [-0.25, -0.2) is 0 Å². The van der Waals surface area contributed by atoms with E-state index in [-0.39, 0.29) is 16.8 Å². The maximum Gasteiger partial charge on any atom is 0.151 e. The van der Waals surface area contributed by atoms with E-state index in [0.717, 1.165) is 35.5 Å². The van der Waals surface area contributed by atoms with Gasteiger partial charge in [-0.3, -0.25) is 4.98 Å². The Kier molecular flexibility index (Phi) is 5.67. The van der Waals surface area contributed by atoms with E-state index in [1.165, 1.54) is 0 Å². The summed E-state index contributed by atoms with van der Waals surface area (Å²) in [5.41, 5.74) is 4.31. The molecule has 1 saturated heterocycles. The summed E-state index contributed by atoms with van der Waals surface area (Å²) >= 11 is 0. The van der Waals surface area contributed by atoms with Gasteiger partial charge in [-0.2, -0.15) is 0 Å². The standard InChI is InChI=1S/C26H33N5O/c1-17-20(8-7-13-27-17)18-9-10-21(23(32)14-18)22-11-12-24(29-28-22)31(6)19-15-25(2,3)30-26(4,5)16-19/h7-14,19,30,32H,15-16H2,1-6H3. The molecule has 168 valence electrons. The molecule has 1 aliphatic heterocycles. The highest BCUT2D eigenvalue weighted by molar-refractivity contribution is 5.75. The predicted molar refractivity (Wildman–Crippen MR) is 130 cm³/mol. The van der Waals surface area contributed by atoms with E-state index in [4.69, 9.17) is 0 Å². The van der Waals surface area contributed by atoms with Gasteiger partial charge in [0.1, 0.15) is 5.75 Å². The second-order valence-corrected chi connectivity index (χ2v) is 10.2. The summed E-state index contributed by atoms with van der Waals surface area (Å²) in [7, 11) is 2.09. The van der Waals surface area contributed by atoms with Crippen LogP contribution in [0.4, 0.5) is 5.82 Å². The molecule has 0 bridgehead atoms. The number of nitrogens with zero attached hydrogens (tertiary/aromatic N) is 4. The number of aromatic hydroxyl groups is 1. The third-order valence-electron chi connectivity index (χ3n) is 6.32. The molecule has 0 aliphatic carbocycles. The SMILES string of the molecule is Cc1ncccc1-c1ccc(-c2ccc(N(C)C3CC(C)(C)NC(C)(C)C3)nn2)c(O)c1. The fourth-order valence-electron chi connectivity index (χ4n) is 5.09. The van der Waals surface area contributed by atoms with Crippen LogP contribution < -0.4 is 10.2 Å². The van der Waals surface area contributed by atoms with Gasteiger partial charge in [-0.15, -0.1) is 10.2 Å². The lowest BCUT2D eigenvalue weighted by Gasteiger charge is -2.49. The monoisotopic (exact) mass is 431 g/mol. The number of aryl methyl sites for hydroxylation is 1. The number of hydrogen-bond donors (Lipinski definition) is 2. The van der Waals surface area contributed by atoms with Crippen molar-refractivity contribution in [3.63, 3.8) is 0 Å². The summed E-state index contributed by atoms with van der Waals surface area (Å²) in [4.78, 5) is 6.57. The lowest BCUT2D eigenvalue weighted by atomic mass is 9.79.